The van der Waals surface area contributed by atoms with Gasteiger partial charge < -0.3 is 9.80 Å². The summed E-state index contributed by atoms with van der Waals surface area (Å²) in [5.74, 6) is -0.849. The maximum Gasteiger partial charge on any atom is 0.282 e. The Bertz CT molecular complexity index is 1170. The maximum atomic E-state index is 13.6. The molecule has 2 N–H and O–H groups in total. The number of anilines is 1. The largest absolute Gasteiger partial charge is 0.366 e. The van der Waals surface area contributed by atoms with Gasteiger partial charge in [0.1, 0.15) is 5.70 Å². The number of benzene rings is 2. The van der Waals surface area contributed by atoms with Crippen molar-refractivity contribution in [2.45, 2.75) is 23.8 Å². The number of piperidine rings is 1. The lowest BCUT2D eigenvalue weighted by atomic mass is 10.0. The van der Waals surface area contributed by atoms with Gasteiger partial charge in [-0.2, -0.15) is 0 Å². The Hall–Kier alpha value is -3.01. The summed E-state index contributed by atoms with van der Waals surface area (Å²) >= 11 is 0. The van der Waals surface area contributed by atoms with Crippen LogP contribution in [0.3, 0.4) is 0 Å². The summed E-state index contributed by atoms with van der Waals surface area (Å²) < 4.78 is 23.2. The van der Waals surface area contributed by atoms with E-state index in [0.717, 1.165) is 30.8 Å². The molecule has 2 aromatic rings. The molecule has 1 fully saturated rings. The summed E-state index contributed by atoms with van der Waals surface area (Å²) in [6.07, 6.45) is 1.78. The number of sulfonamides is 1. The number of nitrogens with two attached hydrogens (primary N) is 1. The van der Waals surface area contributed by atoms with Crippen LogP contribution >= 0.6 is 0 Å². The minimum Gasteiger partial charge on any atom is -0.366 e. The number of hydrogen-bond acceptors (Lipinski definition) is 6. The Labute approximate surface area is 188 Å². The van der Waals surface area contributed by atoms with Crippen molar-refractivity contribution in [2.24, 2.45) is 5.14 Å². The highest BCUT2D eigenvalue weighted by Gasteiger charge is 2.43. The lowest BCUT2D eigenvalue weighted by molar-refractivity contribution is -0.120. The first-order valence-electron chi connectivity index (χ1n) is 10.4. The SMILES string of the molecule is CN1CCC(N(C)C2=C(c3ccccc3)C(=O)N(c3ccc(S(N)(=O)=O)cc3)C2=O)CC1. The topological polar surface area (TPSA) is 104 Å². The molecule has 32 heavy (non-hydrogen) atoms. The van der Waals surface area contributed by atoms with Crippen molar-refractivity contribution >= 4 is 33.1 Å². The highest BCUT2D eigenvalue weighted by molar-refractivity contribution is 7.89. The monoisotopic (exact) mass is 454 g/mol. The summed E-state index contributed by atoms with van der Waals surface area (Å²) in [5, 5.41) is 5.17. The van der Waals surface area contributed by atoms with Crippen molar-refractivity contribution < 1.29 is 18.0 Å². The minimum atomic E-state index is -3.88. The number of primary sulfonamides is 1. The van der Waals surface area contributed by atoms with Crippen LogP contribution in [0.25, 0.3) is 5.57 Å². The van der Waals surface area contributed by atoms with Crippen molar-refractivity contribution in [3.05, 3.63) is 65.9 Å². The van der Waals surface area contributed by atoms with E-state index in [-0.39, 0.29) is 10.9 Å². The van der Waals surface area contributed by atoms with Crippen LogP contribution in [0.1, 0.15) is 18.4 Å². The smallest absolute Gasteiger partial charge is 0.282 e. The van der Waals surface area contributed by atoms with E-state index < -0.39 is 21.8 Å². The standard InChI is InChI=1S/C23H26N4O4S/c1-25-14-12-17(13-15-25)26(2)21-20(16-6-4-3-5-7-16)22(28)27(23(21)29)18-8-10-19(11-9-18)32(24,30)31/h3-11,17H,12-15H2,1-2H3,(H2,24,30,31). The van der Waals surface area contributed by atoms with Crippen LogP contribution in [0.5, 0.6) is 0 Å². The van der Waals surface area contributed by atoms with Crippen LogP contribution < -0.4 is 10.0 Å². The van der Waals surface area contributed by atoms with Crippen LogP contribution in [-0.2, 0) is 19.6 Å². The van der Waals surface area contributed by atoms with Crippen LogP contribution in [0.15, 0.2) is 65.2 Å². The molecular weight excluding hydrogens is 428 g/mol. The second-order valence-electron chi connectivity index (χ2n) is 8.22. The average molecular weight is 455 g/mol. The van der Waals surface area contributed by atoms with Gasteiger partial charge in [0.15, 0.2) is 0 Å². The first kappa shape index (κ1) is 22.2. The molecule has 0 unspecified atom stereocenters. The predicted molar refractivity (Wildman–Crippen MR) is 122 cm³/mol. The molecule has 1 saturated heterocycles. The summed E-state index contributed by atoms with van der Waals surface area (Å²) in [5.41, 5.74) is 1.69. The fourth-order valence-corrected chi connectivity index (χ4v) is 4.81. The number of amides is 2. The van der Waals surface area contributed by atoms with E-state index in [2.05, 4.69) is 11.9 Å². The Kier molecular flexibility index (Phi) is 5.89. The molecule has 0 saturated carbocycles. The summed E-state index contributed by atoms with van der Waals surface area (Å²) in [4.78, 5) is 32.3. The molecular formula is C23H26N4O4S. The zero-order chi connectivity index (χ0) is 23.0. The number of rotatable bonds is 5. The molecule has 0 aliphatic carbocycles. The van der Waals surface area contributed by atoms with Crippen LogP contribution in [0, 0.1) is 0 Å². The number of hydrogen-bond donors (Lipinski definition) is 1. The molecule has 2 amide bonds. The molecule has 2 aromatic carbocycles. The highest BCUT2D eigenvalue weighted by atomic mass is 32.2. The van der Waals surface area contributed by atoms with Gasteiger partial charge >= 0.3 is 0 Å². The maximum absolute atomic E-state index is 13.6. The number of nitrogens with zero attached hydrogens (tertiary/aromatic N) is 3. The number of imide groups is 1. The van der Waals surface area contributed by atoms with Crippen molar-refractivity contribution in [3.63, 3.8) is 0 Å². The van der Waals surface area contributed by atoms with E-state index in [1.165, 1.54) is 24.3 Å². The van der Waals surface area contributed by atoms with Gasteiger partial charge in [-0.3, -0.25) is 9.59 Å². The predicted octanol–water partition coefficient (Wildman–Crippen LogP) is 1.64. The lowest BCUT2D eigenvalue weighted by Gasteiger charge is -2.36. The van der Waals surface area contributed by atoms with Crippen molar-refractivity contribution in [1.82, 2.24) is 9.80 Å². The Morgan fingerprint density at radius 3 is 2.09 bits per heavy atom. The Morgan fingerprint density at radius 2 is 1.53 bits per heavy atom. The van der Waals surface area contributed by atoms with E-state index >= 15 is 0 Å². The zero-order valence-corrected chi connectivity index (χ0v) is 18.9. The Balaban J connectivity index is 1.75. The molecule has 0 aromatic heterocycles. The molecule has 0 radical (unpaired) electrons. The van der Waals surface area contributed by atoms with Gasteiger partial charge in [-0.25, -0.2) is 18.5 Å². The third-order valence-corrected chi connectivity index (χ3v) is 7.06. The number of carbonyl (C=O) groups excluding carboxylic acids is 2. The molecule has 168 valence electrons. The van der Waals surface area contributed by atoms with Gasteiger partial charge in [-0.05, 0) is 62.8 Å². The second kappa shape index (κ2) is 8.50. The fraction of sp³-hybridized carbons (Fsp3) is 0.304. The number of carbonyl (C=O) groups is 2. The first-order valence-corrected chi connectivity index (χ1v) is 12.0. The van der Waals surface area contributed by atoms with Gasteiger partial charge in [0.05, 0.1) is 16.2 Å². The van der Waals surface area contributed by atoms with Gasteiger partial charge in [0.25, 0.3) is 11.8 Å². The molecule has 8 nitrogen and oxygen atoms in total. The third kappa shape index (κ3) is 4.06. The van der Waals surface area contributed by atoms with E-state index in [1.807, 2.05) is 42.3 Å². The van der Waals surface area contributed by atoms with Crippen molar-refractivity contribution in [3.8, 4) is 0 Å². The Morgan fingerprint density at radius 1 is 0.938 bits per heavy atom. The van der Waals surface area contributed by atoms with Crippen LogP contribution in [0.4, 0.5) is 5.69 Å². The van der Waals surface area contributed by atoms with E-state index in [9.17, 15) is 18.0 Å². The van der Waals surface area contributed by atoms with Crippen molar-refractivity contribution in [1.29, 1.82) is 0 Å². The summed E-state index contributed by atoms with van der Waals surface area (Å²) in [6, 6.07) is 14.7. The quantitative estimate of drug-likeness (QED) is 0.689. The molecule has 2 heterocycles. The molecule has 0 bridgehead atoms. The summed E-state index contributed by atoms with van der Waals surface area (Å²) in [6.45, 7) is 1.84. The van der Waals surface area contributed by atoms with Crippen LogP contribution in [0.2, 0.25) is 0 Å². The third-order valence-electron chi connectivity index (χ3n) is 6.13. The van der Waals surface area contributed by atoms with Gasteiger partial charge in [0, 0.05) is 13.1 Å². The summed E-state index contributed by atoms with van der Waals surface area (Å²) in [7, 11) is 0.0614. The lowest BCUT2D eigenvalue weighted by Crippen LogP contribution is -2.43. The first-order chi connectivity index (χ1) is 15.2. The normalized spacial score (nSPS) is 18.5. The van der Waals surface area contributed by atoms with Gasteiger partial charge in [-0.15, -0.1) is 0 Å². The van der Waals surface area contributed by atoms with Gasteiger partial charge in [-0.1, -0.05) is 30.3 Å². The minimum absolute atomic E-state index is 0.0831. The molecule has 0 spiro atoms. The molecule has 0 atom stereocenters. The number of likely N-dealkylation sites (tertiary alicyclic amines) is 1. The number of likely N-dealkylation sites (N-methyl/N-ethyl adjacent to an activating group) is 1. The van der Waals surface area contributed by atoms with E-state index in [4.69, 9.17) is 5.14 Å². The molecule has 2 aliphatic heterocycles. The second-order valence-corrected chi connectivity index (χ2v) is 9.78. The zero-order valence-electron chi connectivity index (χ0n) is 18.1. The van der Waals surface area contributed by atoms with E-state index in [0.29, 0.717) is 22.5 Å². The van der Waals surface area contributed by atoms with Gasteiger partial charge in [0.2, 0.25) is 10.0 Å². The fourth-order valence-electron chi connectivity index (χ4n) is 4.29. The molecule has 2 aliphatic rings. The molecule has 9 heteroatoms. The average Bonchev–Trinajstić information content (AvgIpc) is 3.04. The molecule has 4 rings (SSSR count). The highest BCUT2D eigenvalue weighted by Crippen LogP contribution is 2.36. The van der Waals surface area contributed by atoms with E-state index in [1.54, 1.807) is 0 Å². The van der Waals surface area contributed by atoms with Crippen molar-refractivity contribution in [2.75, 3.05) is 32.1 Å². The van der Waals surface area contributed by atoms with Crippen LogP contribution in [-0.4, -0.2) is 63.3 Å².